The zero-order valence-corrected chi connectivity index (χ0v) is 16.6. The second-order valence-electron chi connectivity index (χ2n) is 7.27. The molecule has 2 heterocycles. The van der Waals surface area contributed by atoms with E-state index < -0.39 is 0 Å². The van der Waals surface area contributed by atoms with Crippen molar-refractivity contribution >= 4 is 23.0 Å². The first kappa shape index (κ1) is 19.2. The van der Waals surface area contributed by atoms with E-state index in [1.54, 1.807) is 12.4 Å². The molecular formula is C22H30N4O. The van der Waals surface area contributed by atoms with Gasteiger partial charge in [-0.25, -0.2) is 0 Å². The van der Waals surface area contributed by atoms with Crippen LogP contribution < -0.4 is 15.1 Å². The number of pyridine rings is 1. The van der Waals surface area contributed by atoms with Gasteiger partial charge in [0.2, 0.25) is 0 Å². The molecule has 1 fully saturated rings. The van der Waals surface area contributed by atoms with Crippen LogP contribution in [0.5, 0.6) is 0 Å². The lowest BCUT2D eigenvalue weighted by Crippen LogP contribution is -2.32. The number of hydrogen-bond donors (Lipinski definition) is 1. The normalized spacial score (nSPS) is 14.9. The van der Waals surface area contributed by atoms with Gasteiger partial charge in [-0.1, -0.05) is 6.92 Å². The molecule has 0 saturated carbocycles. The van der Waals surface area contributed by atoms with Gasteiger partial charge in [-0.2, -0.15) is 0 Å². The molecule has 2 aromatic rings. The monoisotopic (exact) mass is 366 g/mol. The summed E-state index contributed by atoms with van der Waals surface area (Å²) in [5, 5.41) is 2.98. The highest BCUT2D eigenvalue weighted by atomic mass is 16.1. The Labute approximate surface area is 162 Å². The smallest absolute Gasteiger partial charge is 0.257 e. The number of hydrogen-bond acceptors (Lipinski definition) is 4. The summed E-state index contributed by atoms with van der Waals surface area (Å²) < 4.78 is 0. The molecule has 5 heteroatoms. The average Bonchev–Trinajstić information content (AvgIpc) is 2.70. The molecule has 27 heavy (non-hydrogen) atoms. The van der Waals surface area contributed by atoms with Crippen LogP contribution in [0.15, 0.2) is 42.7 Å². The molecule has 3 rings (SSSR count). The number of aromatic nitrogens is 1. The molecular weight excluding hydrogens is 336 g/mol. The predicted octanol–water partition coefficient (Wildman–Crippen LogP) is 4.42. The number of rotatable bonds is 6. The second kappa shape index (κ2) is 8.89. The third kappa shape index (κ3) is 4.79. The van der Waals surface area contributed by atoms with E-state index in [4.69, 9.17) is 0 Å². The first-order chi connectivity index (χ1) is 13.1. The zero-order chi connectivity index (χ0) is 19.2. The number of piperidine rings is 1. The fourth-order valence-corrected chi connectivity index (χ4v) is 3.54. The summed E-state index contributed by atoms with van der Waals surface area (Å²) >= 11 is 0. The Morgan fingerprint density at radius 3 is 2.44 bits per heavy atom. The summed E-state index contributed by atoms with van der Waals surface area (Å²) in [4.78, 5) is 21.4. The van der Waals surface area contributed by atoms with E-state index in [1.807, 2.05) is 18.2 Å². The van der Waals surface area contributed by atoms with Crippen molar-refractivity contribution in [1.29, 1.82) is 0 Å². The Bertz CT molecular complexity index is 747. The van der Waals surface area contributed by atoms with Gasteiger partial charge < -0.3 is 15.1 Å². The largest absolute Gasteiger partial charge is 0.372 e. The topological polar surface area (TPSA) is 48.5 Å². The summed E-state index contributed by atoms with van der Waals surface area (Å²) in [5.74, 6) is 0.691. The number of nitrogens with one attached hydrogen (secondary N) is 1. The fraction of sp³-hybridized carbons (Fsp3) is 0.455. The van der Waals surface area contributed by atoms with Crippen LogP contribution in [0.1, 0.15) is 44.0 Å². The zero-order valence-electron chi connectivity index (χ0n) is 16.6. The van der Waals surface area contributed by atoms with Crippen molar-refractivity contribution in [2.45, 2.75) is 33.6 Å². The molecule has 1 aliphatic heterocycles. The number of anilines is 3. The van der Waals surface area contributed by atoms with Gasteiger partial charge in [0.1, 0.15) is 0 Å². The predicted molar refractivity (Wildman–Crippen MR) is 113 cm³/mol. The van der Waals surface area contributed by atoms with Crippen LogP contribution in [0.3, 0.4) is 0 Å². The van der Waals surface area contributed by atoms with E-state index in [2.05, 4.69) is 53.0 Å². The minimum atomic E-state index is -0.129. The van der Waals surface area contributed by atoms with Crippen molar-refractivity contribution in [3.8, 4) is 0 Å². The number of carbonyl (C=O) groups excluding carboxylic acids is 1. The highest BCUT2D eigenvalue weighted by Crippen LogP contribution is 2.24. The first-order valence-electron chi connectivity index (χ1n) is 9.97. The quantitative estimate of drug-likeness (QED) is 0.822. The molecule has 1 N–H and O–H groups in total. The molecule has 0 aliphatic carbocycles. The van der Waals surface area contributed by atoms with E-state index in [-0.39, 0.29) is 5.91 Å². The Kier molecular flexibility index (Phi) is 6.32. The molecule has 1 aliphatic rings. The maximum absolute atomic E-state index is 12.6. The molecule has 0 unspecified atom stereocenters. The average molecular weight is 367 g/mol. The van der Waals surface area contributed by atoms with E-state index in [9.17, 15) is 4.79 Å². The summed E-state index contributed by atoms with van der Waals surface area (Å²) in [5.41, 5.74) is 3.59. The summed E-state index contributed by atoms with van der Waals surface area (Å²) in [6, 6.07) is 10.0. The lowest BCUT2D eigenvalue weighted by molar-refractivity contribution is 0.102. The minimum Gasteiger partial charge on any atom is -0.372 e. The van der Waals surface area contributed by atoms with Gasteiger partial charge in [0.25, 0.3) is 5.91 Å². The molecule has 5 nitrogen and oxygen atoms in total. The van der Waals surface area contributed by atoms with Crippen LogP contribution >= 0.6 is 0 Å². The van der Waals surface area contributed by atoms with E-state index in [1.165, 1.54) is 18.5 Å². The van der Waals surface area contributed by atoms with Crippen LogP contribution in [0.2, 0.25) is 0 Å². The van der Waals surface area contributed by atoms with Crippen LogP contribution in [0, 0.1) is 5.92 Å². The molecule has 0 atom stereocenters. The van der Waals surface area contributed by atoms with Crippen molar-refractivity contribution in [2.75, 3.05) is 41.3 Å². The molecule has 0 spiro atoms. The number of benzene rings is 1. The molecule has 1 aromatic carbocycles. The van der Waals surface area contributed by atoms with Gasteiger partial charge >= 0.3 is 0 Å². The summed E-state index contributed by atoms with van der Waals surface area (Å²) in [6.45, 7) is 10.5. The van der Waals surface area contributed by atoms with Gasteiger partial charge in [0.15, 0.2) is 0 Å². The third-order valence-electron chi connectivity index (χ3n) is 5.39. The summed E-state index contributed by atoms with van der Waals surface area (Å²) in [7, 11) is 0. The fourth-order valence-electron chi connectivity index (χ4n) is 3.54. The highest BCUT2D eigenvalue weighted by molar-refractivity contribution is 6.04. The van der Waals surface area contributed by atoms with Gasteiger partial charge in [-0.05, 0) is 62.9 Å². The van der Waals surface area contributed by atoms with Crippen molar-refractivity contribution in [2.24, 2.45) is 5.92 Å². The van der Waals surface area contributed by atoms with Crippen LogP contribution in [-0.4, -0.2) is 37.1 Å². The maximum Gasteiger partial charge on any atom is 0.257 e. The summed E-state index contributed by atoms with van der Waals surface area (Å²) in [6.07, 6.45) is 5.91. The Balaban J connectivity index is 1.65. The van der Waals surface area contributed by atoms with Gasteiger partial charge in [0, 0.05) is 43.8 Å². The number of carbonyl (C=O) groups is 1. The van der Waals surface area contributed by atoms with Crippen molar-refractivity contribution in [3.05, 3.63) is 48.3 Å². The standard InChI is InChI=1S/C22H30N4O/c1-4-25(5-2)21-14-18(15-23-16-21)22(27)24-19-6-8-20(9-7-19)26-12-10-17(3)11-13-26/h6-9,14-17H,4-5,10-13H2,1-3H3,(H,24,27). The second-order valence-corrected chi connectivity index (χ2v) is 7.27. The molecule has 0 radical (unpaired) electrons. The number of nitrogens with zero attached hydrogens (tertiary/aromatic N) is 3. The van der Waals surface area contributed by atoms with Crippen LogP contribution in [0.25, 0.3) is 0 Å². The number of amides is 1. The lowest BCUT2D eigenvalue weighted by atomic mass is 9.99. The highest BCUT2D eigenvalue weighted by Gasteiger charge is 2.16. The van der Waals surface area contributed by atoms with Crippen LogP contribution in [0.4, 0.5) is 17.1 Å². The Morgan fingerprint density at radius 1 is 1.15 bits per heavy atom. The lowest BCUT2D eigenvalue weighted by Gasteiger charge is -2.32. The van der Waals surface area contributed by atoms with Gasteiger partial charge in [0.05, 0.1) is 17.4 Å². The Morgan fingerprint density at radius 2 is 1.81 bits per heavy atom. The maximum atomic E-state index is 12.6. The molecule has 0 bridgehead atoms. The molecule has 1 saturated heterocycles. The SMILES string of the molecule is CCN(CC)c1cncc(C(=O)Nc2ccc(N3CCC(C)CC3)cc2)c1. The van der Waals surface area contributed by atoms with E-state index in [0.29, 0.717) is 5.56 Å². The first-order valence-corrected chi connectivity index (χ1v) is 9.97. The van der Waals surface area contributed by atoms with Gasteiger partial charge in [-0.3, -0.25) is 9.78 Å². The molecule has 1 amide bonds. The van der Waals surface area contributed by atoms with E-state index >= 15 is 0 Å². The molecule has 1 aromatic heterocycles. The van der Waals surface area contributed by atoms with Crippen molar-refractivity contribution in [1.82, 2.24) is 4.98 Å². The van der Waals surface area contributed by atoms with Gasteiger partial charge in [-0.15, -0.1) is 0 Å². The Hall–Kier alpha value is -2.56. The molecule has 144 valence electrons. The van der Waals surface area contributed by atoms with Crippen molar-refractivity contribution < 1.29 is 4.79 Å². The van der Waals surface area contributed by atoms with Crippen molar-refractivity contribution in [3.63, 3.8) is 0 Å². The third-order valence-corrected chi connectivity index (χ3v) is 5.39. The minimum absolute atomic E-state index is 0.129. The van der Waals surface area contributed by atoms with E-state index in [0.717, 1.165) is 43.5 Å². The van der Waals surface area contributed by atoms with Crippen LogP contribution in [-0.2, 0) is 0 Å².